The highest BCUT2D eigenvalue weighted by molar-refractivity contribution is 5.77. The van der Waals surface area contributed by atoms with Gasteiger partial charge in [-0.25, -0.2) is 0 Å². The number of ether oxygens (including phenoxy) is 1. The fourth-order valence-electron chi connectivity index (χ4n) is 1.75. The van der Waals surface area contributed by atoms with E-state index in [1.54, 1.807) is 0 Å². The van der Waals surface area contributed by atoms with E-state index in [-0.39, 0.29) is 12.5 Å². The Morgan fingerprint density at radius 3 is 2.78 bits per heavy atom. The molecule has 2 N–H and O–H groups in total. The highest BCUT2D eigenvalue weighted by Crippen LogP contribution is 2.16. The van der Waals surface area contributed by atoms with Gasteiger partial charge in [0, 0.05) is 25.6 Å². The zero-order valence-corrected chi connectivity index (χ0v) is 11.0. The van der Waals surface area contributed by atoms with Crippen molar-refractivity contribution in [2.24, 2.45) is 5.92 Å². The zero-order chi connectivity index (χ0) is 13.0. The topological polar surface area (TPSA) is 50.4 Å². The quantitative estimate of drug-likeness (QED) is 0.818. The molecule has 0 atom stereocenters. The molecule has 1 amide bonds. The van der Waals surface area contributed by atoms with E-state index in [1.807, 2.05) is 25.1 Å². The number of rotatable bonds is 5. The van der Waals surface area contributed by atoms with Crippen molar-refractivity contribution in [3.63, 3.8) is 0 Å². The third-order valence-electron chi connectivity index (χ3n) is 3.30. The largest absolute Gasteiger partial charge is 0.484 e. The van der Waals surface area contributed by atoms with Gasteiger partial charge in [0.25, 0.3) is 5.91 Å². The van der Waals surface area contributed by atoms with Crippen molar-refractivity contribution in [2.45, 2.75) is 13.8 Å². The van der Waals surface area contributed by atoms with E-state index in [1.165, 1.54) is 11.1 Å². The Labute approximate surface area is 108 Å². The van der Waals surface area contributed by atoms with E-state index in [2.05, 4.69) is 17.6 Å². The first kappa shape index (κ1) is 12.9. The normalized spacial score (nSPS) is 15.0. The van der Waals surface area contributed by atoms with Crippen LogP contribution >= 0.6 is 0 Å². The lowest BCUT2D eigenvalue weighted by atomic mass is 10.0. The van der Waals surface area contributed by atoms with Crippen LogP contribution < -0.4 is 15.4 Å². The lowest BCUT2D eigenvalue weighted by Gasteiger charge is -2.27. The average molecular weight is 248 g/mol. The van der Waals surface area contributed by atoms with Crippen LogP contribution in [0.5, 0.6) is 5.75 Å². The standard InChI is InChI=1S/C14H20N2O2/c1-10-3-4-13(5-11(10)2)18-9-14(17)16-8-12-6-15-7-12/h3-5,12,15H,6-9H2,1-2H3,(H,16,17). The highest BCUT2D eigenvalue weighted by atomic mass is 16.5. The molecule has 1 aromatic rings. The van der Waals surface area contributed by atoms with E-state index >= 15 is 0 Å². The van der Waals surface area contributed by atoms with Crippen molar-refractivity contribution < 1.29 is 9.53 Å². The average Bonchev–Trinajstić information content (AvgIpc) is 2.29. The van der Waals surface area contributed by atoms with Crippen molar-refractivity contribution in [1.29, 1.82) is 0 Å². The van der Waals surface area contributed by atoms with Gasteiger partial charge in [0.05, 0.1) is 0 Å². The van der Waals surface area contributed by atoms with Crippen LogP contribution in [0.2, 0.25) is 0 Å². The fourth-order valence-corrected chi connectivity index (χ4v) is 1.75. The second-order valence-electron chi connectivity index (χ2n) is 4.86. The van der Waals surface area contributed by atoms with E-state index < -0.39 is 0 Å². The Morgan fingerprint density at radius 2 is 2.17 bits per heavy atom. The van der Waals surface area contributed by atoms with E-state index in [9.17, 15) is 4.79 Å². The zero-order valence-electron chi connectivity index (χ0n) is 11.0. The van der Waals surface area contributed by atoms with Crippen molar-refractivity contribution in [2.75, 3.05) is 26.2 Å². The summed E-state index contributed by atoms with van der Waals surface area (Å²) in [4.78, 5) is 11.6. The summed E-state index contributed by atoms with van der Waals surface area (Å²) in [6.07, 6.45) is 0. The Kier molecular flexibility index (Phi) is 4.20. The first-order valence-electron chi connectivity index (χ1n) is 6.32. The SMILES string of the molecule is Cc1ccc(OCC(=O)NCC2CNC2)cc1C. The van der Waals surface area contributed by atoms with Crippen molar-refractivity contribution in [3.8, 4) is 5.75 Å². The summed E-state index contributed by atoms with van der Waals surface area (Å²) >= 11 is 0. The second-order valence-corrected chi connectivity index (χ2v) is 4.86. The number of benzene rings is 1. The van der Waals surface area contributed by atoms with Gasteiger partial charge in [-0.15, -0.1) is 0 Å². The molecule has 0 saturated carbocycles. The predicted molar refractivity (Wildman–Crippen MR) is 70.8 cm³/mol. The molecule has 0 aromatic heterocycles. The van der Waals surface area contributed by atoms with Gasteiger partial charge in [-0.05, 0) is 37.1 Å². The van der Waals surface area contributed by atoms with Gasteiger partial charge in [0.2, 0.25) is 0 Å². The third kappa shape index (κ3) is 3.47. The van der Waals surface area contributed by atoms with Crippen molar-refractivity contribution >= 4 is 5.91 Å². The lowest BCUT2D eigenvalue weighted by molar-refractivity contribution is -0.123. The number of aryl methyl sites for hydroxylation is 2. The van der Waals surface area contributed by atoms with Crippen LogP contribution in [-0.4, -0.2) is 32.1 Å². The molecule has 98 valence electrons. The molecule has 1 aliphatic rings. The molecule has 2 rings (SSSR count). The molecule has 0 radical (unpaired) electrons. The summed E-state index contributed by atoms with van der Waals surface area (Å²) in [6, 6.07) is 5.85. The minimum absolute atomic E-state index is 0.0554. The van der Waals surface area contributed by atoms with E-state index in [0.717, 1.165) is 25.4 Å². The monoisotopic (exact) mass is 248 g/mol. The van der Waals surface area contributed by atoms with Gasteiger partial charge in [-0.2, -0.15) is 0 Å². The Bertz CT molecular complexity index is 428. The molecule has 1 aromatic carbocycles. The number of hydrogen-bond acceptors (Lipinski definition) is 3. The number of carbonyl (C=O) groups excluding carboxylic acids is 1. The maximum Gasteiger partial charge on any atom is 0.257 e. The summed E-state index contributed by atoms with van der Waals surface area (Å²) in [7, 11) is 0. The van der Waals surface area contributed by atoms with Crippen LogP contribution in [0.15, 0.2) is 18.2 Å². The molecule has 18 heavy (non-hydrogen) atoms. The van der Waals surface area contributed by atoms with Gasteiger partial charge in [-0.3, -0.25) is 4.79 Å². The van der Waals surface area contributed by atoms with Crippen LogP contribution in [0.4, 0.5) is 0 Å². The third-order valence-corrected chi connectivity index (χ3v) is 3.30. The Hall–Kier alpha value is -1.55. The summed E-state index contributed by atoms with van der Waals surface area (Å²) in [5, 5.41) is 6.05. The highest BCUT2D eigenvalue weighted by Gasteiger charge is 2.17. The van der Waals surface area contributed by atoms with Crippen LogP contribution in [0, 0.1) is 19.8 Å². The molecule has 4 nitrogen and oxygen atoms in total. The minimum atomic E-state index is -0.0554. The maximum absolute atomic E-state index is 11.6. The number of amides is 1. The fraction of sp³-hybridized carbons (Fsp3) is 0.500. The van der Waals surface area contributed by atoms with Crippen molar-refractivity contribution in [1.82, 2.24) is 10.6 Å². The molecule has 0 bridgehead atoms. The summed E-state index contributed by atoms with van der Waals surface area (Å²) in [5.74, 6) is 1.27. The summed E-state index contributed by atoms with van der Waals surface area (Å²) < 4.78 is 5.46. The lowest BCUT2D eigenvalue weighted by Crippen LogP contribution is -2.48. The number of hydrogen-bond donors (Lipinski definition) is 2. The van der Waals surface area contributed by atoms with Crippen LogP contribution in [0.1, 0.15) is 11.1 Å². The molecule has 0 aliphatic carbocycles. The molecule has 0 spiro atoms. The smallest absolute Gasteiger partial charge is 0.257 e. The predicted octanol–water partition coefficient (Wildman–Crippen LogP) is 1.02. The second kappa shape index (κ2) is 5.87. The van der Waals surface area contributed by atoms with Gasteiger partial charge in [0.15, 0.2) is 6.61 Å². The molecular weight excluding hydrogens is 228 g/mol. The molecule has 1 aliphatic heterocycles. The number of carbonyl (C=O) groups is 1. The van der Waals surface area contributed by atoms with Crippen molar-refractivity contribution in [3.05, 3.63) is 29.3 Å². The minimum Gasteiger partial charge on any atom is -0.484 e. The first-order valence-corrected chi connectivity index (χ1v) is 6.32. The van der Waals surface area contributed by atoms with Gasteiger partial charge < -0.3 is 15.4 Å². The molecular formula is C14H20N2O2. The molecule has 0 unspecified atom stereocenters. The van der Waals surface area contributed by atoms with Gasteiger partial charge >= 0.3 is 0 Å². The van der Waals surface area contributed by atoms with Crippen LogP contribution in [0.3, 0.4) is 0 Å². The molecule has 1 fully saturated rings. The summed E-state index contributed by atoms with van der Waals surface area (Å²) in [5.41, 5.74) is 2.40. The van der Waals surface area contributed by atoms with Crippen LogP contribution in [0.25, 0.3) is 0 Å². The Balaban J connectivity index is 1.72. The molecule has 1 heterocycles. The Morgan fingerprint density at radius 1 is 1.39 bits per heavy atom. The van der Waals surface area contributed by atoms with Gasteiger partial charge in [-0.1, -0.05) is 6.07 Å². The first-order chi connectivity index (χ1) is 8.65. The molecule has 4 heteroatoms. The number of nitrogens with one attached hydrogen (secondary N) is 2. The maximum atomic E-state index is 11.6. The van der Waals surface area contributed by atoms with Crippen LogP contribution in [-0.2, 0) is 4.79 Å². The molecule has 1 saturated heterocycles. The summed E-state index contributed by atoms with van der Waals surface area (Å²) in [6.45, 7) is 6.91. The van der Waals surface area contributed by atoms with E-state index in [0.29, 0.717) is 5.92 Å². The van der Waals surface area contributed by atoms with Gasteiger partial charge in [0.1, 0.15) is 5.75 Å². The van der Waals surface area contributed by atoms with E-state index in [4.69, 9.17) is 4.74 Å².